The van der Waals surface area contributed by atoms with Crippen molar-refractivity contribution >= 4 is 22.5 Å². The zero-order valence-electron chi connectivity index (χ0n) is 11.0. The fraction of sp³-hybridized carbons (Fsp3) is 0.533. The summed E-state index contributed by atoms with van der Waals surface area (Å²) in [6.07, 6.45) is 4.58. The Hall–Kier alpha value is -1.10. The number of aliphatic hydroxyl groups is 2. The van der Waals surface area contributed by atoms with Crippen molar-refractivity contribution in [1.82, 2.24) is 10.2 Å². The van der Waals surface area contributed by atoms with Gasteiger partial charge in [-0.15, -0.1) is 0 Å². The van der Waals surface area contributed by atoms with Crippen molar-refractivity contribution in [3.8, 4) is 0 Å². The van der Waals surface area contributed by atoms with E-state index < -0.39 is 5.60 Å². The molecular weight excluding hydrogens is 276 g/mol. The molecule has 4 nitrogen and oxygen atoms in total. The highest BCUT2D eigenvalue weighted by atomic mass is 35.5. The molecule has 4 atom stereocenters. The van der Waals surface area contributed by atoms with Crippen molar-refractivity contribution in [2.75, 3.05) is 0 Å². The first-order valence-corrected chi connectivity index (χ1v) is 7.46. The van der Waals surface area contributed by atoms with E-state index in [9.17, 15) is 10.2 Å². The number of rotatable bonds is 1. The van der Waals surface area contributed by atoms with Crippen molar-refractivity contribution in [3.05, 3.63) is 28.9 Å². The van der Waals surface area contributed by atoms with Gasteiger partial charge in [-0.25, -0.2) is 0 Å². The fourth-order valence-corrected chi connectivity index (χ4v) is 4.47. The zero-order chi connectivity index (χ0) is 13.9. The van der Waals surface area contributed by atoms with Crippen LogP contribution in [0, 0.1) is 11.8 Å². The van der Waals surface area contributed by atoms with Gasteiger partial charge in [0.25, 0.3) is 0 Å². The number of nitrogens with one attached hydrogen (secondary N) is 1. The Bertz CT molecular complexity index is 655. The van der Waals surface area contributed by atoms with Crippen molar-refractivity contribution in [2.24, 2.45) is 11.8 Å². The molecule has 1 aromatic heterocycles. The van der Waals surface area contributed by atoms with E-state index in [1.54, 1.807) is 6.20 Å². The van der Waals surface area contributed by atoms with Gasteiger partial charge in [0.15, 0.2) is 0 Å². The maximum atomic E-state index is 11.1. The number of hydrogen-bond acceptors (Lipinski definition) is 3. The third-order valence-corrected chi connectivity index (χ3v) is 5.26. The van der Waals surface area contributed by atoms with Crippen LogP contribution >= 0.6 is 11.6 Å². The summed E-state index contributed by atoms with van der Waals surface area (Å²) in [4.78, 5) is 0. The van der Waals surface area contributed by atoms with E-state index in [0.29, 0.717) is 29.7 Å². The van der Waals surface area contributed by atoms with Crippen molar-refractivity contribution in [2.45, 2.75) is 37.4 Å². The first-order chi connectivity index (χ1) is 9.55. The summed E-state index contributed by atoms with van der Waals surface area (Å²) < 4.78 is 0. The molecule has 106 valence electrons. The topological polar surface area (TPSA) is 69.1 Å². The number of aliphatic hydroxyl groups excluding tert-OH is 1. The normalized spacial score (nSPS) is 36.6. The number of halogens is 1. The van der Waals surface area contributed by atoms with Crippen LogP contribution in [0.3, 0.4) is 0 Å². The first kappa shape index (κ1) is 12.6. The van der Waals surface area contributed by atoms with E-state index in [1.165, 1.54) is 0 Å². The first-order valence-electron chi connectivity index (χ1n) is 7.09. The smallest absolute Gasteiger partial charge is 0.0909 e. The number of H-pyrrole nitrogens is 1. The molecule has 0 spiro atoms. The molecule has 3 N–H and O–H groups in total. The highest BCUT2D eigenvalue weighted by molar-refractivity contribution is 6.31. The summed E-state index contributed by atoms with van der Waals surface area (Å²) in [6.45, 7) is 0. The Morgan fingerprint density at radius 2 is 1.95 bits per heavy atom. The van der Waals surface area contributed by atoms with Crippen LogP contribution in [-0.2, 0) is 5.60 Å². The van der Waals surface area contributed by atoms with Crippen molar-refractivity contribution in [1.29, 1.82) is 0 Å². The lowest BCUT2D eigenvalue weighted by Crippen LogP contribution is -2.24. The number of fused-ring (bicyclic) bond motifs is 2. The van der Waals surface area contributed by atoms with Gasteiger partial charge in [0.1, 0.15) is 0 Å². The Kier molecular flexibility index (Phi) is 2.65. The van der Waals surface area contributed by atoms with Gasteiger partial charge in [-0.3, -0.25) is 5.10 Å². The van der Waals surface area contributed by atoms with Gasteiger partial charge in [0, 0.05) is 10.4 Å². The third kappa shape index (κ3) is 1.79. The molecule has 2 aromatic rings. The lowest BCUT2D eigenvalue weighted by molar-refractivity contribution is 0.0304. The highest BCUT2D eigenvalue weighted by Gasteiger charge is 2.49. The molecule has 20 heavy (non-hydrogen) atoms. The van der Waals surface area contributed by atoms with Crippen LogP contribution in [0.2, 0.25) is 5.02 Å². The van der Waals surface area contributed by atoms with Gasteiger partial charge in [0.2, 0.25) is 0 Å². The van der Waals surface area contributed by atoms with Gasteiger partial charge < -0.3 is 10.2 Å². The SMILES string of the molecule is O[C@@H]1C[C@@H]2C[C@](O)(c3cc(Cl)cc4[nH]ncc34)C[C@@H]2C1. The molecule has 5 heteroatoms. The van der Waals surface area contributed by atoms with Gasteiger partial charge >= 0.3 is 0 Å². The van der Waals surface area contributed by atoms with Crippen LogP contribution in [0.25, 0.3) is 10.9 Å². The van der Waals surface area contributed by atoms with E-state index in [1.807, 2.05) is 12.1 Å². The van der Waals surface area contributed by atoms with E-state index in [4.69, 9.17) is 11.6 Å². The van der Waals surface area contributed by atoms with Crippen molar-refractivity contribution < 1.29 is 10.2 Å². The number of hydrogen-bond donors (Lipinski definition) is 3. The average molecular weight is 293 g/mol. The Labute approximate surface area is 121 Å². The minimum atomic E-state index is -0.845. The molecule has 0 unspecified atom stereocenters. The van der Waals surface area contributed by atoms with E-state index in [-0.39, 0.29) is 6.10 Å². The molecule has 2 fully saturated rings. The second-order valence-electron chi connectivity index (χ2n) is 6.37. The Morgan fingerprint density at radius 3 is 2.65 bits per heavy atom. The summed E-state index contributed by atoms with van der Waals surface area (Å²) >= 11 is 6.17. The van der Waals surface area contributed by atoms with Gasteiger partial charge in [-0.1, -0.05) is 11.6 Å². The number of aromatic amines is 1. The monoisotopic (exact) mass is 292 g/mol. The van der Waals surface area contributed by atoms with Gasteiger partial charge in [-0.2, -0.15) is 5.10 Å². The average Bonchev–Trinajstić information content (AvgIpc) is 3.01. The maximum absolute atomic E-state index is 11.1. The van der Waals surface area contributed by atoms with Gasteiger partial charge in [-0.05, 0) is 55.2 Å². The molecule has 2 aliphatic carbocycles. The maximum Gasteiger partial charge on any atom is 0.0909 e. The molecule has 0 saturated heterocycles. The lowest BCUT2D eigenvalue weighted by atomic mass is 9.87. The van der Waals surface area contributed by atoms with E-state index in [0.717, 1.165) is 29.3 Å². The Morgan fingerprint density at radius 1 is 1.25 bits per heavy atom. The van der Waals surface area contributed by atoms with Crippen LogP contribution in [0.1, 0.15) is 31.2 Å². The molecule has 1 aromatic carbocycles. The van der Waals surface area contributed by atoms with Crippen LogP contribution in [-0.4, -0.2) is 26.5 Å². The number of aromatic nitrogens is 2. The minimum absolute atomic E-state index is 0.192. The minimum Gasteiger partial charge on any atom is -0.393 e. The summed E-state index contributed by atoms with van der Waals surface area (Å²) in [6, 6.07) is 3.69. The van der Waals surface area contributed by atoms with Crippen LogP contribution in [0.5, 0.6) is 0 Å². The quantitative estimate of drug-likeness (QED) is 0.757. The van der Waals surface area contributed by atoms with Crippen LogP contribution in [0.15, 0.2) is 18.3 Å². The molecule has 0 amide bonds. The molecule has 2 aliphatic rings. The largest absolute Gasteiger partial charge is 0.393 e. The van der Waals surface area contributed by atoms with E-state index in [2.05, 4.69) is 10.2 Å². The molecular formula is C15H17ClN2O2. The molecule has 0 radical (unpaired) electrons. The summed E-state index contributed by atoms with van der Waals surface area (Å²) in [5, 5.41) is 29.4. The number of nitrogens with zero attached hydrogens (tertiary/aromatic N) is 1. The summed E-state index contributed by atoms with van der Waals surface area (Å²) in [7, 11) is 0. The van der Waals surface area contributed by atoms with Crippen LogP contribution < -0.4 is 0 Å². The van der Waals surface area contributed by atoms with Crippen LogP contribution in [0.4, 0.5) is 0 Å². The van der Waals surface area contributed by atoms with Crippen molar-refractivity contribution in [3.63, 3.8) is 0 Å². The standard InChI is InChI=1S/C15H17ClN2O2/c16-10-3-13(12-7-17-18-14(12)4-10)15(20)5-8-1-11(19)2-9(8)6-15/h3-4,7-9,11,19-20H,1-2,5-6H2,(H,17,18)/t8-,9+,11-,15-. The van der Waals surface area contributed by atoms with Gasteiger partial charge in [0.05, 0.1) is 23.4 Å². The molecule has 1 heterocycles. The molecule has 0 bridgehead atoms. The molecule has 2 saturated carbocycles. The zero-order valence-corrected chi connectivity index (χ0v) is 11.8. The molecule has 4 rings (SSSR count). The lowest BCUT2D eigenvalue weighted by Gasteiger charge is -2.25. The fourth-order valence-electron chi connectivity index (χ4n) is 4.25. The predicted molar refractivity (Wildman–Crippen MR) is 76.5 cm³/mol. The third-order valence-electron chi connectivity index (χ3n) is 5.04. The second kappa shape index (κ2) is 4.20. The summed E-state index contributed by atoms with van der Waals surface area (Å²) in [5.41, 5.74) is 0.887. The molecule has 0 aliphatic heterocycles. The summed E-state index contributed by atoms with van der Waals surface area (Å²) in [5.74, 6) is 0.826. The van der Waals surface area contributed by atoms with E-state index >= 15 is 0 Å². The second-order valence-corrected chi connectivity index (χ2v) is 6.81. The Balaban J connectivity index is 1.78. The number of benzene rings is 1. The highest BCUT2D eigenvalue weighted by Crippen LogP contribution is 2.53. The predicted octanol–water partition coefficient (Wildman–Crippen LogP) is 2.58.